The van der Waals surface area contributed by atoms with E-state index < -0.39 is 29.0 Å². The monoisotopic (exact) mass is 297 g/mol. The fourth-order valence-corrected chi connectivity index (χ4v) is 2.69. The molecule has 2 N–H and O–H groups in total. The molecule has 1 aromatic rings. The molecule has 1 aliphatic rings. The summed E-state index contributed by atoms with van der Waals surface area (Å²) in [7, 11) is 0. The van der Waals surface area contributed by atoms with E-state index in [1.165, 1.54) is 12.1 Å². The summed E-state index contributed by atoms with van der Waals surface area (Å²) in [5.41, 5.74) is -1.08. The number of hydrogen-bond donors (Lipinski definition) is 2. The lowest BCUT2D eigenvalue weighted by atomic mass is 9.97. The minimum atomic E-state index is -1.20. The molecule has 1 aromatic carbocycles. The van der Waals surface area contributed by atoms with Crippen molar-refractivity contribution in [1.82, 2.24) is 5.32 Å². The first kappa shape index (κ1) is 15.4. The molecule has 1 saturated carbocycles. The van der Waals surface area contributed by atoms with E-state index in [9.17, 15) is 23.5 Å². The molecule has 2 rings (SSSR count). The van der Waals surface area contributed by atoms with Gasteiger partial charge in [-0.15, -0.1) is 0 Å². The van der Waals surface area contributed by atoms with Crippen LogP contribution in [0.4, 0.5) is 8.78 Å². The lowest BCUT2D eigenvalue weighted by Gasteiger charge is -2.25. The number of halogens is 2. The summed E-state index contributed by atoms with van der Waals surface area (Å²) in [4.78, 5) is 23.2. The number of carbonyl (C=O) groups is 2. The van der Waals surface area contributed by atoms with Gasteiger partial charge in [0, 0.05) is 6.42 Å². The number of benzene rings is 1. The van der Waals surface area contributed by atoms with Gasteiger partial charge in [-0.05, 0) is 30.9 Å². The number of aryl methyl sites for hydroxylation is 1. The average Bonchev–Trinajstić information content (AvgIpc) is 2.90. The highest BCUT2D eigenvalue weighted by atomic mass is 19.2. The molecule has 0 aromatic heterocycles. The van der Waals surface area contributed by atoms with Crippen molar-refractivity contribution in [2.45, 2.75) is 44.1 Å². The van der Waals surface area contributed by atoms with E-state index in [0.717, 1.165) is 18.9 Å². The molecular formula is C15H17F2NO3. The molecule has 0 aliphatic heterocycles. The van der Waals surface area contributed by atoms with E-state index in [1.54, 1.807) is 0 Å². The highest BCUT2D eigenvalue weighted by molar-refractivity contribution is 5.87. The Labute approximate surface area is 121 Å². The predicted molar refractivity (Wildman–Crippen MR) is 71.7 cm³/mol. The molecule has 0 bridgehead atoms. The molecule has 1 amide bonds. The largest absolute Gasteiger partial charge is 0.480 e. The van der Waals surface area contributed by atoms with Gasteiger partial charge in [0.25, 0.3) is 0 Å². The Balaban J connectivity index is 1.96. The molecule has 21 heavy (non-hydrogen) atoms. The highest BCUT2D eigenvalue weighted by Gasteiger charge is 2.42. The first-order valence-electron chi connectivity index (χ1n) is 6.92. The van der Waals surface area contributed by atoms with Crippen LogP contribution >= 0.6 is 0 Å². The van der Waals surface area contributed by atoms with Crippen LogP contribution in [0.2, 0.25) is 0 Å². The zero-order valence-corrected chi connectivity index (χ0v) is 11.5. The molecule has 114 valence electrons. The van der Waals surface area contributed by atoms with Crippen LogP contribution in [0.25, 0.3) is 0 Å². The summed E-state index contributed by atoms with van der Waals surface area (Å²) < 4.78 is 26.5. The topological polar surface area (TPSA) is 66.4 Å². The molecule has 4 nitrogen and oxygen atoms in total. The first-order chi connectivity index (χ1) is 9.94. The van der Waals surface area contributed by atoms with Gasteiger partial charge >= 0.3 is 5.97 Å². The molecule has 1 aliphatic carbocycles. The number of nitrogens with one attached hydrogen (secondary N) is 1. The van der Waals surface area contributed by atoms with E-state index in [2.05, 4.69) is 5.32 Å². The van der Waals surface area contributed by atoms with Crippen molar-refractivity contribution >= 4 is 11.9 Å². The van der Waals surface area contributed by atoms with Crippen molar-refractivity contribution in [3.63, 3.8) is 0 Å². The number of rotatable bonds is 5. The fraction of sp³-hybridized carbons (Fsp3) is 0.467. The van der Waals surface area contributed by atoms with Crippen molar-refractivity contribution in [3.8, 4) is 0 Å². The molecular weight excluding hydrogens is 280 g/mol. The number of hydrogen-bond acceptors (Lipinski definition) is 2. The predicted octanol–water partition coefficient (Wildman–Crippen LogP) is 2.41. The van der Waals surface area contributed by atoms with Crippen LogP contribution in [0.5, 0.6) is 0 Å². The highest BCUT2D eigenvalue weighted by Crippen LogP contribution is 2.30. The van der Waals surface area contributed by atoms with Gasteiger partial charge in [-0.1, -0.05) is 25.0 Å². The zero-order chi connectivity index (χ0) is 15.5. The van der Waals surface area contributed by atoms with Crippen LogP contribution in [-0.4, -0.2) is 22.5 Å². The smallest absolute Gasteiger partial charge is 0.329 e. The summed E-state index contributed by atoms with van der Waals surface area (Å²) in [6.07, 6.45) is 2.28. The van der Waals surface area contributed by atoms with Crippen LogP contribution in [-0.2, 0) is 16.0 Å². The Bertz CT molecular complexity index is 554. The van der Waals surface area contributed by atoms with Crippen molar-refractivity contribution in [3.05, 3.63) is 35.4 Å². The number of amides is 1. The third kappa shape index (κ3) is 3.37. The van der Waals surface area contributed by atoms with Crippen molar-refractivity contribution in [1.29, 1.82) is 0 Å². The van der Waals surface area contributed by atoms with Crippen molar-refractivity contribution in [2.24, 2.45) is 0 Å². The SMILES string of the molecule is O=C(CCc1cccc(F)c1F)NC1(C(=O)O)CCCC1. The van der Waals surface area contributed by atoms with E-state index in [-0.39, 0.29) is 18.4 Å². The van der Waals surface area contributed by atoms with Crippen LogP contribution < -0.4 is 5.32 Å². The Morgan fingerprint density at radius 2 is 1.90 bits per heavy atom. The first-order valence-corrected chi connectivity index (χ1v) is 6.92. The molecule has 0 saturated heterocycles. The van der Waals surface area contributed by atoms with Gasteiger partial charge in [-0.3, -0.25) is 4.79 Å². The number of carboxylic acids is 1. The van der Waals surface area contributed by atoms with E-state index in [4.69, 9.17) is 0 Å². The number of carbonyl (C=O) groups excluding carboxylic acids is 1. The van der Waals surface area contributed by atoms with Crippen molar-refractivity contribution < 1.29 is 23.5 Å². The molecule has 0 unspecified atom stereocenters. The van der Waals surface area contributed by atoms with Gasteiger partial charge < -0.3 is 10.4 Å². The standard InChI is InChI=1S/C15H17F2NO3/c16-11-5-3-4-10(13(11)17)6-7-12(19)18-15(14(20)21)8-1-2-9-15/h3-5H,1-2,6-9H2,(H,18,19)(H,20,21). The fourth-order valence-electron chi connectivity index (χ4n) is 2.69. The van der Waals surface area contributed by atoms with Crippen LogP contribution in [0.3, 0.4) is 0 Å². The quantitative estimate of drug-likeness (QED) is 0.877. The molecule has 0 atom stereocenters. The Morgan fingerprint density at radius 3 is 2.52 bits per heavy atom. The number of aliphatic carboxylic acids is 1. The Morgan fingerprint density at radius 1 is 1.24 bits per heavy atom. The van der Waals surface area contributed by atoms with Crippen LogP contribution in [0.1, 0.15) is 37.7 Å². The zero-order valence-electron chi connectivity index (χ0n) is 11.5. The van der Waals surface area contributed by atoms with Gasteiger partial charge in [-0.25, -0.2) is 13.6 Å². The summed E-state index contributed by atoms with van der Waals surface area (Å²) in [5, 5.41) is 11.8. The molecule has 6 heteroatoms. The lowest BCUT2D eigenvalue weighted by Crippen LogP contribution is -2.52. The molecule has 0 radical (unpaired) electrons. The second kappa shape index (κ2) is 6.20. The van der Waals surface area contributed by atoms with E-state index in [0.29, 0.717) is 12.8 Å². The maximum absolute atomic E-state index is 13.5. The van der Waals surface area contributed by atoms with Gasteiger partial charge in [0.05, 0.1) is 0 Å². The van der Waals surface area contributed by atoms with Gasteiger partial charge in [0.1, 0.15) is 5.54 Å². The molecule has 0 heterocycles. The number of carboxylic acid groups (broad SMARTS) is 1. The second-order valence-electron chi connectivity index (χ2n) is 5.36. The molecule has 0 spiro atoms. The summed E-state index contributed by atoms with van der Waals surface area (Å²) in [6.45, 7) is 0. The third-order valence-electron chi connectivity index (χ3n) is 3.90. The van der Waals surface area contributed by atoms with Gasteiger partial charge in [0.15, 0.2) is 11.6 Å². The summed E-state index contributed by atoms with van der Waals surface area (Å²) in [6, 6.07) is 3.80. The van der Waals surface area contributed by atoms with Crippen LogP contribution in [0, 0.1) is 11.6 Å². The Kier molecular flexibility index (Phi) is 4.55. The lowest BCUT2D eigenvalue weighted by molar-refractivity contribution is -0.147. The molecule has 1 fully saturated rings. The maximum atomic E-state index is 13.5. The normalized spacial score (nSPS) is 16.7. The second-order valence-corrected chi connectivity index (χ2v) is 5.36. The van der Waals surface area contributed by atoms with Crippen molar-refractivity contribution in [2.75, 3.05) is 0 Å². The summed E-state index contributed by atoms with van der Waals surface area (Å²) in [5.74, 6) is -3.40. The third-order valence-corrected chi connectivity index (χ3v) is 3.90. The minimum absolute atomic E-state index is 0.0329. The Hall–Kier alpha value is -1.98. The summed E-state index contributed by atoms with van der Waals surface area (Å²) >= 11 is 0. The average molecular weight is 297 g/mol. The minimum Gasteiger partial charge on any atom is -0.480 e. The maximum Gasteiger partial charge on any atom is 0.329 e. The van der Waals surface area contributed by atoms with E-state index >= 15 is 0 Å². The van der Waals surface area contributed by atoms with Crippen LogP contribution in [0.15, 0.2) is 18.2 Å². The van der Waals surface area contributed by atoms with E-state index in [1.807, 2.05) is 0 Å². The van der Waals surface area contributed by atoms with Gasteiger partial charge in [0.2, 0.25) is 5.91 Å². The van der Waals surface area contributed by atoms with Gasteiger partial charge in [-0.2, -0.15) is 0 Å².